The Morgan fingerprint density at radius 2 is 1.76 bits per heavy atom. The molecule has 0 amide bonds. The number of pyridine rings is 1. The summed E-state index contributed by atoms with van der Waals surface area (Å²) in [6, 6.07) is 9.07. The quantitative estimate of drug-likeness (QED) is 0.892. The van der Waals surface area contributed by atoms with Crippen LogP contribution in [0.4, 0.5) is 19.0 Å². The van der Waals surface area contributed by atoms with E-state index in [1.807, 2.05) is 12.1 Å². The van der Waals surface area contributed by atoms with Crippen LogP contribution in [0.25, 0.3) is 0 Å². The summed E-state index contributed by atoms with van der Waals surface area (Å²) in [5.41, 5.74) is 1.66. The Morgan fingerprint density at radius 1 is 1.14 bits per heavy atom. The molecule has 0 bridgehead atoms. The van der Waals surface area contributed by atoms with Gasteiger partial charge in [0.2, 0.25) is 0 Å². The van der Waals surface area contributed by atoms with Gasteiger partial charge in [-0.05, 0) is 30.0 Å². The van der Waals surface area contributed by atoms with E-state index >= 15 is 0 Å². The third-order valence-electron chi connectivity index (χ3n) is 3.56. The van der Waals surface area contributed by atoms with Gasteiger partial charge in [-0.3, -0.25) is 0 Å². The Kier molecular flexibility index (Phi) is 3.53. The lowest BCUT2D eigenvalue weighted by Crippen LogP contribution is -2.20. The first-order valence-corrected chi connectivity index (χ1v) is 6.87. The topological polar surface area (TPSA) is 24.9 Å². The van der Waals surface area contributed by atoms with E-state index < -0.39 is 11.7 Å². The lowest BCUT2D eigenvalue weighted by atomic mass is 10.1. The number of fused-ring (bicyclic) bond motifs is 1. The van der Waals surface area contributed by atoms with Gasteiger partial charge in [0.05, 0.1) is 10.6 Å². The fraction of sp³-hybridized carbons (Fsp3) is 0.267. The average molecular weight is 313 g/mol. The van der Waals surface area contributed by atoms with Crippen LogP contribution in [0.15, 0.2) is 36.5 Å². The molecule has 110 valence electrons. The van der Waals surface area contributed by atoms with Crippen molar-refractivity contribution in [2.75, 3.05) is 5.32 Å². The van der Waals surface area contributed by atoms with Gasteiger partial charge >= 0.3 is 6.18 Å². The van der Waals surface area contributed by atoms with Crippen molar-refractivity contribution in [3.63, 3.8) is 0 Å². The third-order valence-corrected chi connectivity index (χ3v) is 3.85. The summed E-state index contributed by atoms with van der Waals surface area (Å²) in [6.45, 7) is 0. The number of nitrogens with one attached hydrogen (secondary N) is 1. The van der Waals surface area contributed by atoms with Crippen molar-refractivity contribution in [3.8, 4) is 0 Å². The maximum Gasteiger partial charge on any atom is 0.417 e. The number of hydrogen-bond acceptors (Lipinski definition) is 2. The van der Waals surface area contributed by atoms with Crippen LogP contribution in [0.5, 0.6) is 0 Å². The summed E-state index contributed by atoms with van der Waals surface area (Å²) in [6.07, 6.45) is -2.00. The Morgan fingerprint density at radius 3 is 2.29 bits per heavy atom. The molecule has 3 rings (SSSR count). The average Bonchev–Trinajstić information content (AvgIpc) is 2.82. The molecule has 1 aromatic carbocycles. The first-order chi connectivity index (χ1) is 9.93. The van der Waals surface area contributed by atoms with Gasteiger partial charge in [0, 0.05) is 12.2 Å². The number of rotatable bonds is 2. The highest BCUT2D eigenvalue weighted by Gasteiger charge is 2.32. The molecule has 0 fully saturated rings. The molecule has 0 unspecified atom stereocenters. The van der Waals surface area contributed by atoms with Crippen LogP contribution in [-0.2, 0) is 19.0 Å². The van der Waals surface area contributed by atoms with E-state index in [1.54, 1.807) is 0 Å². The molecule has 0 saturated heterocycles. The lowest BCUT2D eigenvalue weighted by Gasteiger charge is -2.15. The molecule has 1 N–H and O–H groups in total. The molecule has 21 heavy (non-hydrogen) atoms. The van der Waals surface area contributed by atoms with Gasteiger partial charge in [0.15, 0.2) is 0 Å². The highest BCUT2D eigenvalue weighted by Crippen LogP contribution is 2.33. The van der Waals surface area contributed by atoms with Gasteiger partial charge in [-0.1, -0.05) is 35.9 Å². The number of anilines is 1. The van der Waals surface area contributed by atoms with Crippen LogP contribution >= 0.6 is 11.6 Å². The fourth-order valence-electron chi connectivity index (χ4n) is 2.55. The van der Waals surface area contributed by atoms with Crippen molar-refractivity contribution in [1.29, 1.82) is 0 Å². The fourth-order valence-corrected chi connectivity index (χ4v) is 2.77. The summed E-state index contributed by atoms with van der Waals surface area (Å²) in [7, 11) is 0. The minimum Gasteiger partial charge on any atom is -0.365 e. The molecule has 1 aliphatic rings. The monoisotopic (exact) mass is 312 g/mol. The molecule has 2 aromatic rings. The Balaban J connectivity index is 1.75. The zero-order valence-electron chi connectivity index (χ0n) is 10.9. The lowest BCUT2D eigenvalue weighted by molar-refractivity contribution is -0.137. The van der Waals surface area contributed by atoms with E-state index in [-0.39, 0.29) is 11.1 Å². The molecular formula is C15H12ClF3N2. The maximum absolute atomic E-state index is 12.6. The summed E-state index contributed by atoms with van der Waals surface area (Å²) in [4.78, 5) is 3.81. The van der Waals surface area contributed by atoms with Gasteiger partial charge in [-0.2, -0.15) is 13.2 Å². The molecule has 0 radical (unpaired) electrons. The van der Waals surface area contributed by atoms with Crippen molar-refractivity contribution in [3.05, 3.63) is 58.2 Å². The number of halogens is 4. The first kappa shape index (κ1) is 14.2. The highest BCUT2D eigenvalue weighted by atomic mass is 35.5. The van der Waals surface area contributed by atoms with Crippen molar-refractivity contribution in [2.24, 2.45) is 0 Å². The summed E-state index contributed by atoms with van der Waals surface area (Å²) in [5, 5.41) is 3.11. The van der Waals surface area contributed by atoms with Crippen molar-refractivity contribution in [2.45, 2.75) is 25.1 Å². The summed E-state index contributed by atoms with van der Waals surface area (Å²) >= 11 is 5.90. The predicted molar refractivity (Wildman–Crippen MR) is 75.5 cm³/mol. The molecule has 1 aromatic heterocycles. The van der Waals surface area contributed by atoms with Crippen LogP contribution in [-0.4, -0.2) is 11.0 Å². The Labute approximate surface area is 125 Å². The second-order valence-electron chi connectivity index (χ2n) is 5.07. The molecule has 0 saturated carbocycles. The summed E-state index contributed by atoms with van der Waals surface area (Å²) < 4.78 is 37.7. The van der Waals surface area contributed by atoms with E-state index in [0.29, 0.717) is 5.82 Å². The highest BCUT2D eigenvalue weighted by molar-refractivity contribution is 6.33. The predicted octanol–water partition coefficient (Wildman–Crippen LogP) is 4.33. The minimum absolute atomic E-state index is 0.0132. The smallest absolute Gasteiger partial charge is 0.365 e. The van der Waals surface area contributed by atoms with E-state index in [2.05, 4.69) is 22.4 Å². The molecule has 1 aliphatic carbocycles. The van der Waals surface area contributed by atoms with Gasteiger partial charge in [-0.15, -0.1) is 0 Å². The molecule has 1 heterocycles. The largest absolute Gasteiger partial charge is 0.417 e. The number of alkyl halides is 3. The molecule has 0 atom stereocenters. The second kappa shape index (κ2) is 5.22. The van der Waals surface area contributed by atoms with E-state index in [1.165, 1.54) is 11.1 Å². The van der Waals surface area contributed by atoms with Crippen LogP contribution in [0.2, 0.25) is 5.02 Å². The zero-order chi connectivity index (χ0) is 15.0. The Bertz CT molecular complexity index is 645. The number of hydrogen-bond donors (Lipinski definition) is 1. The van der Waals surface area contributed by atoms with E-state index in [0.717, 1.165) is 25.1 Å². The normalized spacial score (nSPS) is 15.0. The number of nitrogens with zero attached hydrogens (tertiary/aromatic N) is 1. The van der Waals surface area contributed by atoms with Crippen LogP contribution in [0.1, 0.15) is 16.7 Å². The molecular weight excluding hydrogens is 301 g/mol. The zero-order valence-corrected chi connectivity index (χ0v) is 11.7. The second-order valence-corrected chi connectivity index (χ2v) is 5.48. The van der Waals surface area contributed by atoms with Gasteiger partial charge < -0.3 is 5.32 Å². The molecule has 0 spiro atoms. The van der Waals surface area contributed by atoms with Crippen molar-refractivity contribution in [1.82, 2.24) is 4.98 Å². The Hall–Kier alpha value is -1.75. The van der Waals surface area contributed by atoms with Gasteiger partial charge in [-0.25, -0.2) is 4.98 Å². The number of benzene rings is 1. The first-order valence-electron chi connectivity index (χ1n) is 6.49. The minimum atomic E-state index is -4.43. The maximum atomic E-state index is 12.6. The molecule has 2 nitrogen and oxygen atoms in total. The third kappa shape index (κ3) is 2.97. The molecule has 0 aliphatic heterocycles. The van der Waals surface area contributed by atoms with E-state index in [4.69, 9.17) is 11.6 Å². The van der Waals surface area contributed by atoms with Gasteiger partial charge in [0.1, 0.15) is 5.82 Å². The standard InChI is InChI=1S/C15H12ClF3N2/c16-13-7-11(15(17,18)19)8-20-14(13)21-12-5-9-3-1-2-4-10(9)6-12/h1-4,7-8,12H,5-6H2,(H,20,21). The summed E-state index contributed by atoms with van der Waals surface area (Å²) in [5.74, 6) is 0.294. The van der Waals surface area contributed by atoms with Crippen molar-refractivity contribution < 1.29 is 13.2 Å². The van der Waals surface area contributed by atoms with Crippen LogP contribution in [0, 0.1) is 0 Å². The van der Waals surface area contributed by atoms with Crippen molar-refractivity contribution >= 4 is 17.4 Å². The van der Waals surface area contributed by atoms with Gasteiger partial charge in [0.25, 0.3) is 0 Å². The van der Waals surface area contributed by atoms with E-state index in [9.17, 15) is 13.2 Å². The molecule has 6 heteroatoms. The number of aromatic nitrogens is 1. The van der Waals surface area contributed by atoms with Crippen LogP contribution < -0.4 is 5.32 Å². The van der Waals surface area contributed by atoms with Crippen LogP contribution in [0.3, 0.4) is 0 Å². The SMILES string of the molecule is FC(F)(F)c1cnc(NC2Cc3ccccc3C2)c(Cl)c1.